The van der Waals surface area contributed by atoms with E-state index in [2.05, 4.69) is 15.2 Å². The van der Waals surface area contributed by atoms with Crippen molar-refractivity contribution in [1.82, 2.24) is 10.1 Å². The number of hydrazone groups is 1. The van der Waals surface area contributed by atoms with Crippen molar-refractivity contribution in [2.24, 2.45) is 5.10 Å². The van der Waals surface area contributed by atoms with Gasteiger partial charge in [-0.15, -0.1) is 0 Å². The van der Waals surface area contributed by atoms with E-state index in [0.29, 0.717) is 11.3 Å². The predicted octanol–water partition coefficient (Wildman–Crippen LogP) is 3.10. The van der Waals surface area contributed by atoms with Crippen LogP contribution in [0.1, 0.15) is 18.7 Å². The summed E-state index contributed by atoms with van der Waals surface area (Å²) < 4.78 is 23.2. The zero-order valence-electron chi connectivity index (χ0n) is 15.1. The lowest BCUT2D eigenvalue weighted by atomic mass is 10.1. The van der Waals surface area contributed by atoms with Gasteiger partial charge in [0.15, 0.2) is 6.61 Å². The molecule has 0 aliphatic carbocycles. The number of halogens is 1. The fourth-order valence-electron chi connectivity index (χ4n) is 2.71. The summed E-state index contributed by atoms with van der Waals surface area (Å²) in [4.78, 5) is 28.6. The van der Waals surface area contributed by atoms with Gasteiger partial charge in [-0.2, -0.15) is 10.1 Å². The number of carbonyl (C=O) groups is 2. The summed E-state index contributed by atoms with van der Waals surface area (Å²) in [6, 6.07) is 14.4. The third-order valence-corrected chi connectivity index (χ3v) is 4.17. The van der Waals surface area contributed by atoms with Crippen LogP contribution in [0, 0.1) is 5.82 Å². The van der Waals surface area contributed by atoms with Crippen molar-refractivity contribution >= 4 is 23.3 Å². The number of aromatic nitrogens is 2. The molecule has 0 N–H and O–H groups in total. The number of nitrogens with zero attached hydrogens (tertiary/aromatic N) is 4. The minimum Gasteiger partial charge on any atom is -0.451 e. The monoisotopic (exact) mass is 394 g/mol. The Morgan fingerprint density at radius 2 is 1.86 bits per heavy atom. The number of rotatable bonds is 5. The maximum absolute atomic E-state index is 13.0. The molecule has 0 bridgehead atoms. The van der Waals surface area contributed by atoms with E-state index in [1.807, 2.05) is 6.07 Å². The smallest absolute Gasteiger partial charge is 0.355 e. The number of carbonyl (C=O) groups excluding carboxylic acids is 2. The second-order valence-electron chi connectivity index (χ2n) is 6.18. The number of hydrogen-bond acceptors (Lipinski definition) is 7. The Morgan fingerprint density at radius 3 is 2.62 bits per heavy atom. The van der Waals surface area contributed by atoms with E-state index in [-0.39, 0.29) is 48.6 Å². The summed E-state index contributed by atoms with van der Waals surface area (Å²) in [6.45, 7) is -0.245. The van der Waals surface area contributed by atoms with E-state index in [1.54, 1.807) is 24.3 Å². The summed E-state index contributed by atoms with van der Waals surface area (Å²) in [5.41, 5.74) is 1.27. The molecule has 9 heteroatoms. The van der Waals surface area contributed by atoms with Gasteiger partial charge in [-0.05, 0) is 36.4 Å². The van der Waals surface area contributed by atoms with Crippen molar-refractivity contribution in [3.8, 4) is 11.4 Å². The van der Waals surface area contributed by atoms with Crippen molar-refractivity contribution < 1.29 is 23.2 Å². The van der Waals surface area contributed by atoms with E-state index < -0.39 is 5.97 Å². The molecule has 0 saturated carbocycles. The molecule has 1 aromatic heterocycles. The zero-order valence-corrected chi connectivity index (χ0v) is 15.1. The fraction of sp³-hybridized carbons (Fsp3) is 0.150. The predicted molar refractivity (Wildman–Crippen MR) is 100 cm³/mol. The summed E-state index contributed by atoms with van der Waals surface area (Å²) in [5, 5.41) is 9.11. The normalized spacial score (nSPS) is 13.9. The van der Waals surface area contributed by atoms with Crippen molar-refractivity contribution in [1.29, 1.82) is 0 Å². The summed E-state index contributed by atoms with van der Waals surface area (Å²) in [6.07, 6.45) is 0.337. The van der Waals surface area contributed by atoms with Gasteiger partial charge < -0.3 is 9.26 Å². The Hall–Kier alpha value is -3.88. The molecule has 2 heterocycles. The van der Waals surface area contributed by atoms with Crippen LogP contribution >= 0.6 is 0 Å². The minimum absolute atomic E-state index is 0.0880. The lowest BCUT2D eigenvalue weighted by molar-refractivity contribution is -0.137. The molecule has 3 aromatic rings. The Balaban J connectivity index is 1.42. The molecule has 0 unspecified atom stereocenters. The maximum Gasteiger partial charge on any atom is 0.355 e. The first-order valence-electron chi connectivity index (χ1n) is 8.81. The van der Waals surface area contributed by atoms with Crippen LogP contribution in [0.25, 0.3) is 11.4 Å². The van der Waals surface area contributed by atoms with Gasteiger partial charge in [-0.1, -0.05) is 23.4 Å². The van der Waals surface area contributed by atoms with Crippen LogP contribution in [0.4, 0.5) is 10.1 Å². The van der Waals surface area contributed by atoms with Gasteiger partial charge in [0.1, 0.15) is 11.5 Å². The highest BCUT2D eigenvalue weighted by Gasteiger charge is 2.26. The van der Waals surface area contributed by atoms with Crippen LogP contribution in [0.5, 0.6) is 0 Å². The van der Waals surface area contributed by atoms with Crippen LogP contribution in [-0.4, -0.2) is 27.7 Å². The SMILES string of the molecule is O=C(OCc1nc(-c2ccc(F)cc2)no1)C1=NN(c2ccccc2)C(=O)CC1. The van der Waals surface area contributed by atoms with Crippen molar-refractivity contribution in [3.05, 3.63) is 66.3 Å². The number of esters is 1. The first-order valence-corrected chi connectivity index (χ1v) is 8.81. The molecule has 0 spiro atoms. The number of anilines is 1. The molecule has 146 valence electrons. The summed E-state index contributed by atoms with van der Waals surface area (Å²) in [5.74, 6) is -0.895. The first kappa shape index (κ1) is 18.5. The molecular weight excluding hydrogens is 379 g/mol. The Morgan fingerprint density at radius 1 is 1.10 bits per heavy atom. The third kappa shape index (κ3) is 4.18. The molecule has 0 saturated heterocycles. The molecule has 0 atom stereocenters. The highest BCUT2D eigenvalue weighted by Crippen LogP contribution is 2.20. The number of benzene rings is 2. The topological polar surface area (TPSA) is 97.9 Å². The zero-order chi connectivity index (χ0) is 20.2. The molecule has 0 fully saturated rings. The van der Waals surface area contributed by atoms with Crippen molar-refractivity contribution in [2.75, 3.05) is 5.01 Å². The molecule has 0 radical (unpaired) electrons. The van der Waals surface area contributed by atoms with E-state index >= 15 is 0 Å². The molecule has 1 amide bonds. The Bertz CT molecular complexity index is 1060. The Labute approximate surface area is 164 Å². The molecule has 1 aliphatic rings. The minimum atomic E-state index is -0.667. The molecule has 29 heavy (non-hydrogen) atoms. The highest BCUT2D eigenvalue weighted by molar-refractivity contribution is 6.37. The van der Waals surface area contributed by atoms with Crippen LogP contribution in [0.2, 0.25) is 0 Å². The maximum atomic E-state index is 13.0. The van der Waals surface area contributed by atoms with Gasteiger partial charge in [-0.3, -0.25) is 4.79 Å². The first-order chi connectivity index (χ1) is 14.1. The molecule has 2 aromatic carbocycles. The quantitative estimate of drug-likeness (QED) is 0.617. The Kier molecular flexibility index (Phi) is 5.10. The third-order valence-electron chi connectivity index (χ3n) is 4.17. The van der Waals surface area contributed by atoms with Gasteiger partial charge >= 0.3 is 5.97 Å². The van der Waals surface area contributed by atoms with Crippen LogP contribution in [-0.2, 0) is 20.9 Å². The van der Waals surface area contributed by atoms with Crippen LogP contribution < -0.4 is 5.01 Å². The number of para-hydroxylation sites is 1. The van der Waals surface area contributed by atoms with Crippen LogP contribution in [0.3, 0.4) is 0 Å². The number of hydrogen-bond donors (Lipinski definition) is 0. The second kappa shape index (κ2) is 8.01. The van der Waals surface area contributed by atoms with E-state index in [1.165, 1.54) is 29.3 Å². The van der Waals surface area contributed by atoms with E-state index in [9.17, 15) is 14.0 Å². The summed E-state index contributed by atoms with van der Waals surface area (Å²) >= 11 is 0. The molecule has 4 rings (SSSR count). The molecule has 1 aliphatic heterocycles. The van der Waals surface area contributed by atoms with E-state index in [4.69, 9.17) is 9.26 Å². The summed E-state index contributed by atoms with van der Waals surface area (Å²) in [7, 11) is 0. The fourth-order valence-corrected chi connectivity index (χ4v) is 2.71. The van der Waals surface area contributed by atoms with Gasteiger partial charge in [0.25, 0.3) is 5.89 Å². The second-order valence-corrected chi connectivity index (χ2v) is 6.18. The molecule has 8 nitrogen and oxygen atoms in total. The average molecular weight is 394 g/mol. The van der Waals surface area contributed by atoms with Gasteiger partial charge in [0.05, 0.1) is 5.69 Å². The average Bonchev–Trinajstić information content (AvgIpc) is 3.22. The highest BCUT2D eigenvalue weighted by atomic mass is 19.1. The van der Waals surface area contributed by atoms with Gasteiger partial charge in [0, 0.05) is 18.4 Å². The lowest BCUT2D eigenvalue weighted by Crippen LogP contribution is -2.34. The number of ether oxygens (including phenoxy) is 1. The van der Waals surface area contributed by atoms with Crippen molar-refractivity contribution in [2.45, 2.75) is 19.4 Å². The molecular formula is C20H15FN4O4. The van der Waals surface area contributed by atoms with E-state index in [0.717, 1.165) is 0 Å². The van der Waals surface area contributed by atoms with Crippen LogP contribution in [0.15, 0.2) is 64.2 Å². The largest absolute Gasteiger partial charge is 0.451 e. The van der Waals surface area contributed by atoms with Gasteiger partial charge in [-0.25, -0.2) is 14.2 Å². The standard InChI is InChI=1S/C20H15FN4O4/c21-14-8-6-13(7-9-14)19-22-17(29-24-19)12-28-20(27)16-10-11-18(26)25(23-16)15-4-2-1-3-5-15/h1-9H,10-12H2. The van der Waals surface area contributed by atoms with Crippen molar-refractivity contribution in [3.63, 3.8) is 0 Å². The lowest BCUT2D eigenvalue weighted by Gasteiger charge is -2.22. The number of amides is 1. The van der Waals surface area contributed by atoms with Gasteiger partial charge in [0.2, 0.25) is 11.7 Å².